The van der Waals surface area contributed by atoms with E-state index < -0.39 is 38.1 Å². The van der Waals surface area contributed by atoms with Crippen LogP contribution in [0.15, 0.2) is 82.6 Å². The average Bonchev–Trinajstić information content (AvgIpc) is 2.95. The van der Waals surface area contributed by atoms with Gasteiger partial charge in [0.2, 0.25) is 10.0 Å². The van der Waals surface area contributed by atoms with E-state index in [0.717, 1.165) is 0 Å². The Labute approximate surface area is 245 Å². The number of anilines is 1. The predicted octanol–water partition coefficient (Wildman–Crippen LogP) is 3.68. The zero-order valence-electron chi connectivity index (χ0n) is 22.8. The second kappa shape index (κ2) is 12.4. The van der Waals surface area contributed by atoms with Crippen LogP contribution in [0.25, 0.3) is 0 Å². The first-order chi connectivity index (χ1) is 19.3. The molecular formula is C28H32ClN3O7S2. The molecule has 3 aromatic rings. The molecule has 1 aliphatic rings. The van der Waals surface area contributed by atoms with Gasteiger partial charge in [0.05, 0.1) is 34.5 Å². The summed E-state index contributed by atoms with van der Waals surface area (Å²) in [7, 11) is -6.34. The standard InChI is InChI=1S/C28H32ClN3O7S2/c1-19-16-32(20(2)18-33)28(34)25-15-22(30-40(35,36)23-12-9-21(29)10-13-23)11-14-26(25)39-27(19)17-31(3)41(37,38)24-7-5-4-6-8-24/h4-15,19-20,27,30,33H,16-18H2,1-3H3/t19-,20-,27+/m1/s1. The Morgan fingerprint density at radius 3 is 2.34 bits per heavy atom. The SMILES string of the molecule is C[C@@H]1CN([C@H](C)CO)C(=O)c2cc(NS(=O)(=O)c3ccc(Cl)cc3)ccc2O[C@H]1CN(C)S(=O)(=O)c1ccccc1. The molecule has 220 valence electrons. The number of likely N-dealkylation sites (N-methyl/N-ethyl adjacent to an activating group) is 1. The number of nitrogens with zero attached hydrogens (tertiary/aromatic N) is 2. The highest BCUT2D eigenvalue weighted by molar-refractivity contribution is 7.92. The number of aliphatic hydroxyl groups is 1. The van der Waals surface area contributed by atoms with Gasteiger partial charge in [0.15, 0.2) is 0 Å². The number of carbonyl (C=O) groups excluding carboxylic acids is 1. The summed E-state index contributed by atoms with van der Waals surface area (Å²) < 4.78 is 62.2. The van der Waals surface area contributed by atoms with Crippen molar-refractivity contribution in [1.29, 1.82) is 0 Å². The second-order valence-electron chi connectivity index (χ2n) is 9.99. The lowest BCUT2D eigenvalue weighted by Gasteiger charge is -2.38. The molecule has 0 aromatic heterocycles. The van der Waals surface area contributed by atoms with Gasteiger partial charge in [0.1, 0.15) is 11.9 Å². The van der Waals surface area contributed by atoms with Crippen LogP contribution in [0.3, 0.4) is 0 Å². The van der Waals surface area contributed by atoms with Crippen LogP contribution in [0.4, 0.5) is 5.69 Å². The molecule has 3 aromatic carbocycles. The normalized spacial score (nSPS) is 18.7. The number of ether oxygens (including phenoxy) is 1. The summed E-state index contributed by atoms with van der Waals surface area (Å²) >= 11 is 5.88. The Hall–Kier alpha value is -3.16. The number of nitrogens with one attached hydrogen (secondary N) is 1. The van der Waals surface area contributed by atoms with Gasteiger partial charge in [0, 0.05) is 30.2 Å². The van der Waals surface area contributed by atoms with E-state index >= 15 is 0 Å². The number of benzene rings is 3. The topological polar surface area (TPSA) is 133 Å². The van der Waals surface area contributed by atoms with E-state index in [4.69, 9.17) is 16.3 Å². The fourth-order valence-corrected chi connectivity index (χ4v) is 6.84. The zero-order chi connectivity index (χ0) is 29.9. The number of hydrogen-bond acceptors (Lipinski definition) is 7. The van der Waals surface area contributed by atoms with Crippen molar-refractivity contribution in [2.75, 3.05) is 31.5 Å². The van der Waals surface area contributed by atoms with E-state index in [0.29, 0.717) is 5.02 Å². The van der Waals surface area contributed by atoms with Gasteiger partial charge >= 0.3 is 0 Å². The minimum Gasteiger partial charge on any atom is -0.488 e. The Balaban J connectivity index is 1.68. The first kappa shape index (κ1) is 30.8. The molecule has 4 rings (SSSR count). The molecule has 10 nitrogen and oxygen atoms in total. The van der Waals surface area contributed by atoms with Gasteiger partial charge in [-0.2, -0.15) is 4.31 Å². The molecule has 0 fully saturated rings. The van der Waals surface area contributed by atoms with Gasteiger partial charge in [-0.3, -0.25) is 9.52 Å². The van der Waals surface area contributed by atoms with Crippen LogP contribution in [-0.4, -0.2) is 75.9 Å². The quantitative estimate of drug-likeness (QED) is 0.372. The molecule has 1 heterocycles. The molecule has 0 saturated heterocycles. The van der Waals surface area contributed by atoms with Crippen molar-refractivity contribution in [2.45, 2.75) is 35.8 Å². The summed E-state index contributed by atoms with van der Waals surface area (Å²) in [5.74, 6) is -0.608. The van der Waals surface area contributed by atoms with Crippen molar-refractivity contribution in [1.82, 2.24) is 9.21 Å². The number of sulfonamides is 2. The number of rotatable bonds is 9. The highest BCUT2D eigenvalue weighted by Crippen LogP contribution is 2.32. The lowest BCUT2D eigenvalue weighted by molar-refractivity contribution is 0.0387. The minimum atomic E-state index is -3.99. The molecule has 41 heavy (non-hydrogen) atoms. The monoisotopic (exact) mass is 621 g/mol. The molecule has 0 radical (unpaired) electrons. The van der Waals surface area contributed by atoms with Crippen LogP contribution >= 0.6 is 11.6 Å². The molecule has 2 N–H and O–H groups in total. The second-order valence-corrected chi connectivity index (χ2v) is 14.2. The van der Waals surface area contributed by atoms with Gasteiger partial charge in [0.25, 0.3) is 15.9 Å². The highest BCUT2D eigenvalue weighted by Gasteiger charge is 2.35. The number of carbonyl (C=O) groups is 1. The summed E-state index contributed by atoms with van der Waals surface area (Å²) in [4.78, 5) is 15.3. The van der Waals surface area contributed by atoms with Crippen LogP contribution in [-0.2, 0) is 20.0 Å². The fourth-order valence-electron chi connectivity index (χ4n) is 4.46. The highest BCUT2D eigenvalue weighted by atomic mass is 35.5. The van der Waals surface area contributed by atoms with Crippen molar-refractivity contribution in [3.05, 3.63) is 83.4 Å². The van der Waals surface area contributed by atoms with Gasteiger partial charge in [-0.15, -0.1) is 0 Å². The Morgan fingerprint density at radius 1 is 1.05 bits per heavy atom. The number of fused-ring (bicyclic) bond motifs is 1. The number of aliphatic hydroxyl groups excluding tert-OH is 1. The van der Waals surface area contributed by atoms with Gasteiger partial charge in [-0.25, -0.2) is 16.8 Å². The Bertz CT molecular complexity index is 1600. The summed E-state index contributed by atoms with van der Waals surface area (Å²) in [6, 6.07) is 17.4. The summed E-state index contributed by atoms with van der Waals surface area (Å²) in [5, 5.41) is 10.3. The largest absolute Gasteiger partial charge is 0.488 e. The third-order valence-electron chi connectivity index (χ3n) is 6.93. The van der Waals surface area contributed by atoms with Crippen LogP contribution in [0, 0.1) is 5.92 Å². The van der Waals surface area contributed by atoms with Crippen molar-refractivity contribution < 1.29 is 31.5 Å². The van der Waals surface area contributed by atoms with E-state index in [2.05, 4.69) is 4.72 Å². The van der Waals surface area contributed by atoms with Crippen LogP contribution in [0.1, 0.15) is 24.2 Å². The molecule has 0 saturated carbocycles. The number of hydrogen-bond donors (Lipinski definition) is 2. The molecule has 1 aliphatic heterocycles. The lowest BCUT2D eigenvalue weighted by atomic mass is 9.99. The lowest BCUT2D eigenvalue weighted by Crippen LogP contribution is -2.50. The predicted molar refractivity (Wildman–Crippen MR) is 156 cm³/mol. The van der Waals surface area contributed by atoms with E-state index in [9.17, 15) is 26.7 Å². The van der Waals surface area contributed by atoms with Crippen LogP contribution in [0.5, 0.6) is 5.75 Å². The first-order valence-corrected chi connectivity index (χ1v) is 16.2. The van der Waals surface area contributed by atoms with Gasteiger partial charge in [-0.1, -0.05) is 36.7 Å². The van der Waals surface area contributed by atoms with Gasteiger partial charge < -0.3 is 14.7 Å². The molecule has 3 atom stereocenters. The Morgan fingerprint density at radius 2 is 1.71 bits per heavy atom. The van der Waals surface area contributed by atoms with Gasteiger partial charge in [-0.05, 0) is 61.5 Å². The van der Waals surface area contributed by atoms with Crippen molar-refractivity contribution in [3.63, 3.8) is 0 Å². The van der Waals surface area contributed by atoms with Crippen LogP contribution < -0.4 is 9.46 Å². The average molecular weight is 622 g/mol. The molecular weight excluding hydrogens is 590 g/mol. The number of halogens is 1. The minimum absolute atomic E-state index is 0.0108. The van der Waals surface area contributed by atoms with E-state index in [1.807, 2.05) is 6.92 Å². The van der Waals surface area contributed by atoms with E-state index in [1.54, 1.807) is 25.1 Å². The first-order valence-electron chi connectivity index (χ1n) is 12.9. The maximum Gasteiger partial charge on any atom is 0.261 e. The molecule has 13 heteroatoms. The van der Waals surface area contributed by atoms with Crippen molar-refractivity contribution in [3.8, 4) is 5.75 Å². The van der Waals surface area contributed by atoms with Crippen LogP contribution in [0.2, 0.25) is 5.02 Å². The summed E-state index contributed by atoms with van der Waals surface area (Å²) in [6.07, 6.45) is -0.671. The third-order valence-corrected chi connectivity index (χ3v) is 10.4. The maximum atomic E-state index is 13.7. The Kier molecular flexibility index (Phi) is 9.29. The smallest absolute Gasteiger partial charge is 0.261 e. The maximum absolute atomic E-state index is 13.7. The molecule has 0 bridgehead atoms. The van der Waals surface area contributed by atoms with Crippen molar-refractivity contribution >= 4 is 43.2 Å². The zero-order valence-corrected chi connectivity index (χ0v) is 25.2. The van der Waals surface area contributed by atoms with E-state index in [1.165, 1.54) is 70.9 Å². The fraction of sp³-hybridized carbons (Fsp3) is 0.321. The molecule has 0 spiro atoms. The molecule has 0 aliphatic carbocycles. The molecule has 1 amide bonds. The van der Waals surface area contributed by atoms with Crippen molar-refractivity contribution in [2.24, 2.45) is 5.92 Å². The van der Waals surface area contributed by atoms with E-state index in [-0.39, 0.29) is 52.4 Å². The summed E-state index contributed by atoms with van der Waals surface area (Å²) in [5.41, 5.74) is 0.202. The molecule has 0 unspecified atom stereocenters. The summed E-state index contributed by atoms with van der Waals surface area (Å²) in [6.45, 7) is 3.39. The third kappa shape index (κ3) is 6.84. The number of amides is 1.